The first-order valence-corrected chi connectivity index (χ1v) is 5.91. The fraction of sp³-hybridized carbons (Fsp3) is 0.750. The summed E-state index contributed by atoms with van der Waals surface area (Å²) in [5.74, 6) is 0. The van der Waals surface area contributed by atoms with Crippen molar-refractivity contribution in [3.05, 3.63) is 12.7 Å². The number of hydrogen-bond donors (Lipinski definition) is 0. The van der Waals surface area contributed by atoms with Crippen LogP contribution in [0.4, 0.5) is 0 Å². The van der Waals surface area contributed by atoms with E-state index in [1.165, 1.54) is 24.6 Å². The van der Waals surface area contributed by atoms with E-state index in [-0.39, 0.29) is 8.80 Å². The third kappa shape index (κ3) is 4.46. The minimum Gasteiger partial charge on any atom is -0.103 e. The van der Waals surface area contributed by atoms with Gasteiger partial charge in [-0.2, -0.15) is 0 Å². The molecule has 0 aliphatic heterocycles. The van der Waals surface area contributed by atoms with E-state index in [4.69, 9.17) is 0 Å². The largest absolute Gasteiger partial charge is 0.103 e. The first-order chi connectivity index (χ1) is 4.35. The van der Waals surface area contributed by atoms with Crippen LogP contribution in [0.5, 0.6) is 0 Å². The van der Waals surface area contributed by atoms with Crippen LogP contribution in [0.2, 0.25) is 18.1 Å². The lowest BCUT2D eigenvalue weighted by atomic mass is 10.5. The molecule has 0 rings (SSSR count). The molecule has 0 aromatic carbocycles. The molecule has 0 bridgehead atoms. The Morgan fingerprint density at radius 2 is 1.89 bits per heavy atom. The highest BCUT2D eigenvalue weighted by Gasteiger charge is 2.02. The van der Waals surface area contributed by atoms with E-state index in [1.807, 2.05) is 6.08 Å². The predicted molar refractivity (Wildman–Crippen MR) is 46.3 cm³/mol. The molecule has 53 valence electrons. The van der Waals surface area contributed by atoms with Crippen molar-refractivity contribution in [3.8, 4) is 0 Å². The van der Waals surface area contributed by atoms with Gasteiger partial charge in [-0.1, -0.05) is 38.1 Å². The highest BCUT2D eigenvalue weighted by atomic mass is 28.3. The summed E-state index contributed by atoms with van der Waals surface area (Å²) in [4.78, 5) is 0. The molecule has 0 heterocycles. The lowest BCUT2D eigenvalue weighted by Crippen LogP contribution is -2.06. The zero-order chi connectivity index (χ0) is 7.11. The third-order valence-electron chi connectivity index (χ3n) is 1.70. The Morgan fingerprint density at radius 1 is 1.33 bits per heavy atom. The van der Waals surface area contributed by atoms with Crippen molar-refractivity contribution < 1.29 is 0 Å². The van der Waals surface area contributed by atoms with Gasteiger partial charge in [0.15, 0.2) is 0 Å². The van der Waals surface area contributed by atoms with Crippen LogP contribution >= 0.6 is 0 Å². The molecule has 0 atom stereocenters. The molecule has 0 aromatic heterocycles. The molecule has 1 radical (unpaired) electrons. The minimum atomic E-state index is 0.0428. The van der Waals surface area contributed by atoms with Crippen LogP contribution in [0.3, 0.4) is 0 Å². The van der Waals surface area contributed by atoms with Gasteiger partial charge >= 0.3 is 0 Å². The molecule has 0 aliphatic carbocycles. The topological polar surface area (TPSA) is 0 Å². The zero-order valence-electron chi connectivity index (χ0n) is 6.61. The third-order valence-corrected chi connectivity index (χ3v) is 4.70. The van der Waals surface area contributed by atoms with Crippen LogP contribution in [0.1, 0.15) is 20.3 Å². The van der Waals surface area contributed by atoms with Gasteiger partial charge in [-0.15, -0.1) is 6.58 Å². The normalized spacial score (nSPS) is 10.1. The van der Waals surface area contributed by atoms with E-state index in [2.05, 4.69) is 20.4 Å². The van der Waals surface area contributed by atoms with Crippen molar-refractivity contribution in [1.82, 2.24) is 0 Å². The van der Waals surface area contributed by atoms with Gasteiger partial charge < -0.3 is 0 Å². The van der Waals surface area contributed by atoms with Crippen LogP contribution in [-0.4, -0.2) is 8.80 Å². The average molecular weight is 141 g/mol. The first-order valence-electron chi connectivity index (χ1n) is 3.79. The standard InChI is InChI=1S/C8H17Si/c1-4-7-8-9(5-2)6-3/h4H,1,5-8H2,2-3H3. The van der Waals surface area contributed by atoms with Gasteiger partial charge in [0, 0.05) is 8.80 Å². The molecular formula is C8H17Si. The second-order valence-corrected chi connectivity index (χ2v) is 5.70. The monoisotopic (exact) mass is 141 g/mol. The molecule has 0 aliphatic rings. The number of rotatable bonds is 5. The molecule has 0 nitrogen and oxygen atoms in total. The molecule has 0 fully saturated rings. The number of allylic oxidation sites excluding steroid dienone is 1. The first kappa shape index (κ1) is 8.96. The van der Waals surface area contributed by atoms with Gasteiger partial charge in [-0.25, -0.2) is 0 Å². The van der Waals surface area contributed by atoms with Crippen molar-refractivity contribution in [1.29, 1.82) is 0 Å². The van der Waals surface area contributed by atoms with Gasteiger partial charge in [0.25, 0.3) is 0 Å². The van der Waals surface area contributed by atoms with E-state index < -0.39 is 0 Å². The lowest BCUT2D eigenvalue weighted by Gasteiger charge is -2.06. The summed E-state index contributed by atoms with van der Waals surface area (Å²) < 4.78 is 0. The molecule has 0 unspecified atom stereocenters. The summed E-state index contributed by atoms with van der Waals surface area (Å²) in [6.45, 7) is 8.33. The summed E-state index contributed by atoms with van der Waals surface area (Å²) in [5.41, 5.74) is 0. The van der Waals surface area contributed by atoms with Crippen molar-refractivity contribution in [2.75, 3.05) is 0 Å². The zero-order valence-corrected chi connectivity index (χ0v) is 7.61. The Kier molecular flexibility index (Phi) is 6.05. The fourth-order valence-corrected chi connectivity index (χ4v) is 2.73. The Labute approximate surface area is 60.6 Å². The maximum absolute atomic E-state index is 3.72. The van der Waals surface area contributed by atoms with Gasteiger partial charge in [0.05, 0.1) is 0 Å². The van der Waals surface area contributed by atoms with Crippen LogP contribution in [-0.2, 0) is 0 Å². The molecule has 1 heteroatoms. The molecule has 0 spiro atoms. The summed E-state index contributed by atoms with van der Waals surface area (Å²) in [6, 6.07) is 4.28. The summed E-state index contributed by atoms with van der Waals surface area (Å²) in [6.07, 6.45) is 3.27. The Morgan fingerprint density at radius 3 is 2.22 bits per heavy atom. The summed E-state index contributed by atoms with van der Waals surface area (Å²) >= 11 is 0. The molecule has 9 heavy (non-hydrogen) atoms. The molecular weight excluding hydrogens is 124 g/mol. The second kappa shape index (κ2) is 6.08. The van der Waals surface area contributed by atoms with Crippen molar-refractivity contribution >= 4 is 8.80 Å². The summed E-state index contributed by atoms with van der Waals surface area (Å²) in [5, 5.41) is 0. The van der Waals surface area contributed by atoms with E-state index in [0.29, 0.717) is 0 Å². The maximum Gasteiger partial charge on any atom is 0.0476 e. The fourth-order valence-electron chi connectivity index (χ4n) is 0.910. The average Bonchev–Trinajstić information content (AvgIpc) is 1.91. The van der Waals surface area contributed by atoms with E-state index in [0.717, 1.165) is 0 Å². The van der Waals surface area contributed by atoms with Crippen LogP contribution < -0.4 is 0 Å². The second-order valence-electron chi connectivity index (χ2n) is 2.28. The van der Waals surface area contributed by atoms with Crippen LogP contribution in [0.15, 0.2) is 12.7 Å². The quantitative estimate of drug-likeness (QED) is 0.408. The Balaban J connectivity index is 3.19. The maximum atomic E-state index is 3.72. The molecule has 0 saturated carbocycles. The molecule has 0 aromatic rings. The molecule has 0 amide bonds. The van der Waals surface area contributed by atoms with Gasteiger partial charge in [-0.05, 0) is 6.42 Å². The van der Waals surface area contributed by atoms with Crippen LogP contribution in [0.25, 0.3) is 0 Å². The van der Waals surface area contributed by atoms with Gasteiger partial charge in [0.2, 0.25) is 0 Å². The van der Waals surface area contributed by atoms with E-state index in [1.54, 1.807) is 0 Å². The van der Waals surface area contributed by atoms with Gasteiger partial charge in [0.1, 0.15) is 0 Å². The lowest BCUT2D eigenvalue weighted by molar-refractivity contribution is 1.14. The highest BCUT2D eigenvalue weighted by Crippen LogP contribution is 2.06. The van der Waals surface area contributed by atoms with Gasteiger partial charge in [-0.3, -0.25) is 0 Å². The molecule has 0 N–H and O–H groups in total. The predicted octanol–water partition coefficient (Wildman–Crippen LogP) is 3.10. The smallest absolute Gasteiger partial charge is 0.0476 e. The van der Waals surface area contributed by atoms with Crippen molar-refractivity contribution in [2.45, 2.75) is 38.4 Å². The molecule has 0 saturated heterocycles. The SMILES string of the molecule is C=CCC[Si](CC)CC. The van der Waals surface area contributed by atoms with E-state index in [9.17, 15) is 0 Å². The highest BCUT2D eigenvalue weighted by molar-refractivity contribution is 6.58. The Bertz CT molecular complexity index is 65.0. The van der Waals surface area contributed by atoms with Crippen molar-refractivity contribution in [3.63, 3.8) is 0 Å². The Hall–Kier alpha value is -0.0431. The van der Waals surface area contributed by atoms with Crippen molar-refractivity contribution in [2.24, 2.45) is 0 Å². The van der Waals surface area contributed by atoms with Crippen LogP contribution in [0, 0.1) is 0 Å². The summed E-state index contributed by atoms with van der Waals surface area (Å²) in [7, 11) is 0.0428. The van der Waals surface area contributed by atoms with E-state index >= 15 is 0 Å². The number of hydrogen-bond acceptors (Lipinski definition) is 0. The minimum absolute atomic E-state index is 0.0428.